The number of H-pyrrole nitrogens is 1. The molecule has 11 rings (SSSR count). The lowest BCUT2D eigenvalue weighted by atomic mass is 9.71. The van der Waals surface area contributed by atoms with Crippen LogP contribution in [0.1, 0.15) is 63.7 Å². The van der Waals surface area contributed by atoms with Crippen LogP contribution < -0.4 is 15.8 Å². The van der Waals surface area contributed by atoms with E-state index in [1.165, 1.54) is 30.6 Å². The zero-order chi connectivity index (χ0) is 35.5. The van der Waals surface area contributed by atoms with Gasteiger partial charge in [0, 0.05) is 40.4 Å². The van der Waals surface area contributed by atoms with E-state index in [0.717, 1.165) is 45.1 Å². The number of thiophene rings is 1. The summed E-state index contributed by atoms with van der Waals surface area (Å²) in [5, 5.41) is 10.8. The Morgan fingerprint density at radius 3 is 2.65 bits per heavy atom. The maximum Gasteiger partial charge on any atom is 0.434 e. The number of aryl methyl sites for hydroxylation is 2. The summed E-state index contributed by atoms with van der Waals surface area (Å²) in [6, 6.07) is 10.5. The Balaban J connectivity index is 1.14. The van der Waals surface area contributed by atoms with Gasteiger partial charge in [-0.1, -0.05) is 12.1 Å². The smallest absolute Gasteiger partial charge is 0.434 e. The second-order valence-electron chi connectivity index (χ2n) is 14.0. The lowest BCUT2D eigenvalue weighted by molar-refractivity contribution is 0.0637. The first-order valence-electron chi connectivity index (χ1n) is 17.1. The minimum Gasteiger partial charge on any atom is -0.493 e. The molecule has 52 heavy (non-hydrogen) atoms. The fourth-order valence-electron chi connectivity index (χ4n) is 8.94. The molecular formula is C38H29F3N6O4S. The number of halogens is 3. The molecule has 0 radical (unpaired) electrons. The number of benzene rings is 2. The minimum absolute atomic E-state index is 0.0152. The Morgan fingerprint density at radius 1 is 1.06 bits per heavy atom. The molecule has 262 valence electrons. The van der Waals surface area contributed by atoms with E-state index in [9.17, 15) is 18.4 Å². The molecule has 3 aliphatic heterocycles. The van der Waals surface area contributed by atoms with Gasteiger partial charge in [-0.15, -0.1) is 16.4 Å². The number of carbonyl (C=O) groups excluding carboxylic acids is 1. The van der Waals surface area contributed by atoms with Gasteiger partial charge in [-0.2, -0.15) is 0 Å². The summed E-state index contributed by atoms with van der Waals surface area (Å²) in [6.07, 6.45) is 5.19. The molecule has 6 aromatic rings. The zero-order valence-electron chi connectivity index (χ0n) is 27.7. The van der Waals surface area contributed by atoms with Gasteiger partial charge in [0.1, 0.15) is 17.5 Å². The first kappa shape index (κ1) is 31.3. The van der Waals surface area contributed by atoms with Crippen LogP contribution in [0, 0.1) is 23.4 Å². The van der Waals surface area contributed by atoms with Crippen molar-refractivity contribution in [2.45, 2.75) is 50.1 Å². The number of hydrogen-bond donors (Lipinski definition) is 2. The summed E-state index contributed by atoms with van der Waals surface area (Å²) in [5.74, 6) is -1.57. The van der Waals surface area contributed by atoms with Crippen molar-refractivity contribution in [2.75, 3.05) is 19.0 Å². The van der Waals surface area contributed by atoms with Gasteiger partial charge < -0.3 is 19.4 Å². The molecule has 3 fully saturated rings. The van der Waals surface area contributed by atoms with Crippen molar-refractivity contribution >= 4 is 33.1 Å². The molecule has 5 aliphatic rings. The number of methoxy groups -OCH3 is 1. The average Bonchev–Trinajstić information content (AvgIpc) is 3.96. The first-order valence-corrected chi connectivity index (χ1v) is 17.9. The van der Waals surface area contributed by atoms with Crippen LogP contribution in [0.25, 0.3) is 32.0 Å². The fourth-order valence-corrected chi connectivity index (χ4v) is 10.1. The number of aromatic nitrogens is 4. The molecule has 2 N–H and O–H groups in total. The lowest BCUT2D eigenvalue weighted by Gasteiger charge is -2.37. The van der Waals surface area contributed by atoms with Crippen LogP contribution >= 0.6 is 11.3 Å². The van der Waals surface area contributed by atoms with E-state index in [-0.39, 0.29) is 23.4 Å². The van der Waals surface area contributed by atoms with Crippen LogP contribution in [-0.2, 0) is 24.8 Å². The zero-order valence-corrected chi connectivity index (χ0v) is 28.5. The van der Waals surface area contributed by atoms with E-state index in [1.807, 2.05) is 17.0 Å². The van der Waals surface area contributed by atoms with Gasteiger partial charge in [-0.3, -0.25) is 9.78 Å². The Kier molecular flexibility index (Phi) is 6.76. The standard InChI is InChI=1S/C38H29F3N6O4S/c1-50-31-21-7-9-24(27(21)22(40)13-23(31)41)44-34-32-19(10-11-42-34)12-26(52-32)29-28(35-45-46-37(49)51-35)25(8-4-17-2-5-20(39)6-3-17)43-33-30(29)36(48)47-16-18-14-38(33,47)15-18/h2-3,5-6,10-13,18,24H,4,7-9,14-16H2,1H3,(H,42,44)(H,46,49)/t18?,24-,38?/m1/s1. The fraction of sp³-hybridized carbons (Fsp3) is 0.289. The SMILES string of the molecule is COc1c(F)cc(F)c2c1CC[C@H]2Nc1nccc2cc(-c3c4c(nc(CCc5ccc(F)cc5)c3-c3n[nH]c(=O)o3)C35CC(CN3C4=O)C5)sc12. The van der Waals surface area contributed by atoms with Gasteiger partial charge in [0.25, 0.3) is 11.8 Å². The predicted octanol–water partition coefficient (Wildman–Crippen LogP) is 7.09. The number of fused-ring (bicyclic) bond motifs is 3. The normalized spacial score (nSPS) is 21.0. The third-order valence-corrected chi connectivity index (χ3v) is 12.3. The molecule has 2 aliphatic carbocycles. The maximum absolute atomic E-state index is 15.2. The third-order valence-electron chi connectivity index (χ3n) is 11.2. The predicted molar refractivity (Wildman–Crippen MR) is 186 cm³/mol. The van der Waals surface area contributed by atoms with Crippen LogP contribution in [0.5, 0.6) is 5.75 Å². The van der Waals surface area contributed by atoms with Gasteiger partial charge in [-0.25, -0.2) is 28.0 Å². The molecule has 1 amide bonds. The molecule has 1 atom stereocenters. The van der Waals surface area contributed by atoms with Crippen LogP contribution in [0.4, 0.5) is 19.0 Å². The summed E-state index contributed by atoms with van der Waals surface area (Å²) in [5.41, 5.74) is 4.10. The number of nitrogens with one attached hydrogen (secondary N) is 2. The van der Waals surface area contributed by atoms with Gasteiger partial charge in [0.2, 0.25) is 0 Å². The molecule has 2 bridgehead atoms. The topological polar surface area (TPSA) is 126 Å². The van der Waals surface area contributed by atoms with Crippen molar-refractivity contribution in [3.8, 4) is 27.6 Å². The van der Waals surface area contributed by atoms with Crippen molar-refractivity contribution in [3.63, 3.8) is 0 Å². The number of ether oxygens (including phenoxy) is 1. The lowest BCUT2D eigenvalue weighted by Crippen LogP contribution is -2.40. The Bertz CT molecular complexity index is 2540. The van der Waals surface area contributed by atoms with Crippen molar-refractivity contribution in [1.29, 1.82) is 0 Å². The van der Waals surface area contributed by atoms with E-state index >= 15 is 4.39 Å². The minimum atomic E-state index is -0.745. The van der Waals surface area contributed by atoms with Crippen LogP contribution in [0.15, 0.2) is 57.9 Å². The highest BCUT2D eigenvalue weighted by molar-refractivity contribution is 7.23. The molecule has 1 spiro atoms. The van der Waals surface area contributed by atoms with E-state index in [4.69, 9.17) is 14.1 Å². The summed E-state index contributed by atoms with van der Waals surface area (Å²) >= 11 is 1.40. The number of pyridine rings is 2. The number of amides is 1. The number of anilines is 1. The highest BCUT2D eigenvalue weighted by atomic mass is 32.1. The van der Waals surface area contributed by atoms with Gasteiger partial charge in [0.05, 0.1) is 45.9 Å². The highest BCUT2D eigenvalue weighted by Gasteiger charge is 2.65. The van der Waals surface area contributed by atoms with E-state index in [1.54, 1.807) is 18.3 Å². The summed E-state index contributed by atoms with van der Waals surface area (Å²) < 4.78 is 55.1. The monoisotopic (exact) mass is 722 g/mol. The Morgan fingerprint density at radius 2 is 1.88 bits per heavy atom. The number of aromatic amines is 1. The molecule has 7 heterocycles. The first-order chi connectivity index (χ1) is 25.2. The quantitative estimate of drug-likeness (QED) is 0.171. The summed E-state index contributed by atoms with van der Waals surface area (Å²) in [4.78, 5) is 39.3. The van der Waals surface area contributed by atoms with E-state index in [2.05, 4.69) is 20.5 Å². The van der Waals surface area contributed by atoms with Crippen LogP contribution in [0.2, 0.25) is 0 Å². The van der Waals surface area contributed by atoms with Gasteiger partial charge in [0.15, 0.2) is 11.6 Å². The average molecular weight is 723 g/mol. The molecule has 2 aromatic carbocycles. The molecule has 10 nitrogen and oxygen atoms in total. The molecular weight excluding hydrogens is 694 g/mol. The number of rotatable bonds is 8. The number of carbonyl (C=O) groups is 1. The molecule has 14 heteroatoms. The second kappa shape index (κ2) is 11.2. The molecule has 1 saturated carbocycles. The maximum atomic E-state index is 15.2. The van der Waals surface area contributed by atoms with Crippen molar-refractivity contribution in [2.24, 2.45) is 5.92 Å². The van der Waals surface area contributed by atoms with E-state index in [0.29, 0.717) is 77.5 Å². The van der Waals surface area contributed by atoms with Crippen LogP contribution in [0.3, 0.4) is 0 Å². The van der Waals surface area contributed by atoms with Crippen LogP contribution in [-0.4, -0.2) is 44.6 Å². The van der Waals surface area contributed by atoms with Crippen molar-refractivity contribution < 1.29 is 27.1 Å². The van der Waals surface area contributed by atoms with Crippen molar-refractivity contribution in [3.05, 3.63) is 110 Å². The number of hydrogen-bond acceptors (Lipinski definition) is 9. The van der Waals surface area contributed by atoms with Gasteiger partial charge in [-0.05, 0) is 79.7 Å². The number of nitrogens with zero attached hydrogens (tertiary/aromatic N) is 4. The second-order valence-corrected chi connectivity index (χ2v) is 15.0. The van der Waals surface area contributed by atoms with Gasteiger partial charge >= 0.3 is 5.76 Å². The molecule has 0 unspecified atom stereocenters. The van der Waals surface area contributed by atoms with E-state index < -0.39 is 29.0 Å². The molecule has 2 saturated heterocycles. The largest absolute Gasteiger partial charge is 0.493 e. The van der Waals surface area contributed by atoms with Crippen molar-refractivity contribution in [1.82, 2.24) is 25.1 Å². The highest BCUT2D eigenvalue weighted by Crippen LogP contribution is 2.63. The summed E-state index contributed by atoms with van der Waals surface area (Å²) in [7, 11) is 1.37. The molecule has 4 aromatic heterocycles. The summed E-state index contributed by atoms with van der Waals surface area (Å²) in [6.45, 7) is 0.658. The third kappa shape index (κ3) is 4.45. The Hall–Kier alpha value is -5.50. The Labute approximate surface area is 297 Å².